The highest BCUT2D eigenvalue weighted by atomic mass is 79.9. The fraction of sp³-hybridized carbons (Fsp3) is 0.467. The zero-order valence-corrected chi connectivity index (χ0v) is 14.4. The number of rotatable bonds is 4. The number of halogens is 1. The first kappa shape index (κ1) is 16.8. The Bertz CT molecular complexity index is 560. The van der Waals surface area contributed by atoms with Crippen molar-refractivity contribution in [3.63, 3.8) is 0 Å². The summed E-state index contributed by atoms with van der Waals surface area (Å²) in [4.78, 5) is 29.2. The smallest absolute Gasteiger partial charge is 0.246 e. The molecule has 0 aliphatic carbocycles. The summed E-state index contributed by atoms with van der Waals surface area (Å²) in [6, 6.07) is 3.57. The molecule has 22 heavy (non-hydrogen) atoms. The second-order valence-electron chi connectivity index (χ2n) is 5.36. The van der Waals surface area contributed by atoms with Crippen molar-refractivity contribution < 1.29 is 14.0 Å². The SMILES string of the molecule is CN(C)C(=O)CN1CCN(C(=O)C=Cc2ccc(Br)o2)CC1. The van der Waals surface area contributed by atoms with Crippen molar-refractivity contribution in [3.8, 4) is 0 Å². The molecule has 0 atom stereocenters. The molecular weight excluding hydrogens is 350 g/mol. The van der Waals surface area contributed by atoms with Gasteiger partial charge in [-0.1, -0.05) is 0 Å². The van der Waals surface area contributed by atoms with E-state index in [9.17, 15) is 9.59 Å². The second-order valence-corrected chi connectivity index (χ2v) is 6.15. The Morgan fingerprint density at radius 1 is 1.27 bits per heavy atom. The van der Waals surface area contributed by atoms with Crippen molar-refractivity contribution in [1.29, 1.82) is 0 Å². The van der Waals surface area contributed by atoms with Crippen LogP contribution in [0.5, 0.6) is 0 Å². The number of likely N-dealkylation sites (N-methyl/N-ethyl adjacent to an activating group) is 1. The number of nitrogens with zero attached hydrogens (tertiary/aromatic N) is 3. The van der Waals surface area contributed by atoms with Crippen LogP contribution in [0.15, 0.2) is 27.3 Å². The minimum Gasteiger partial charge on any atom is -0.450 e. The number of amides is 2. The third kappa shape index (κ3) is 4.71. The van der Waals surface area contributed by atoms with Gasteiger partial charge in [0.15, 0.2) is 4.67 Å². The van der Waals surface area contributed by atoms with Crippen LogP contribution < -0.4 is 0 Å². The Hall–Kier alpha value is -1.60. The molecule has 1 aliphatic rings. The van der Waals surface area contributed by atoms with Gasteiger partial charge in [-0.25, -0.2) is 0 Å². The molecule has 0 N–H and O–H groups in total. The third-order valence-corrected chi connectivity index (χ3v) is 3.95. The molecule has 1 fully saturated rings. The van der Waals surface area contributed by atoms with E-state index in [0.29, 0.717) is 43.2 Å². The molecule has 0 spiro atoms. The summed E-state index contributed by atoms with van der Waals surface area (Å²) >= 11 is 3.22. The molecule has 2 amide bonds. The van der Waals surface area contributed by atoms with E-state index in [1.807, 2.05) is 0 Å². The van der Waals surface area contributed by atoms with Gasteiger partial charge in [-0.15, -0.1) is 0 Å². The molecule has 2 heterocycles. The van der Waals surface area contributed by atoms with Crippen LogP contribution in [-0.4, -0.2) is 73.3 Å². The predicted octanol–water partition coefficient (Wildman–Crippen LogP) is 1.29. The van der Waals surface area contributed by atoms with Crippen LogP contribution in [0.25, 0.3) is 6.08 Å². The van der Waals surface area contributed by atoms with Crippen molar-refractivity contribution >= 4 is 33.8 Å². The number of hydrogen-bond acceptors (Lipinski definition) is 4. The van der Waals surface area contributed by atoms with Gasteiger partial charge in [0, 0.05) is 46.4 Å². The maximum Gasteiger partial charge on any atom is 0.246 e. The van der Waals surface area contributed by atoms with Crippen LogP contribution >= 0.6 is 15.9 Å². The van der Waals surface area contributed by atoms with Gasteiger partial charge < -0.3 is 14.2 Å². The molecule has 7 heteroatoms. The first-order chi connectivity index (χ1) is 10.5. The second kappa shape index (κ2) is 7.60. The van der Waals surface area contributed by atoms with Crippen molar-refractivity contribution in [2.24, 2.45) is 0 Å². The van der Waals surface area contributed by atoms with E-state index in [2.05, 4.69) is 20.8 Å². The van der Waals surface area contributed by atoms with E-state index < -0.39 is 0 Å². The third-order valence-electron chi connectivity index (χ3n) is 3.53. The summed E-state index contributed by atoms with van der Waals surface area (Å²) in [7, 11) is 3.50. The van der Waals surface area contributed by atoms with Crippen LogP contribution in [0.1, 0.15) is 5.76 Å². The van der Waals surface area contributed by atoms with Gasteiger partial charge in [-0.3, -0.25) is 14.5 Å². The van der Waals surface area contributed by atoms with E-state index >= 15 is 0 Å². The fourth-order valence-electron chi connectivity index (χ4n) is 2.14. The number of carbonyl (C=O) groups is 2. The topological polar surface area (TPSA) is 57.0 Å². The lowest BCUT2D eigenvalue weighted by molar-refractivity contribution is -0.131. The van der Waals surface area contributed by atoms with Crippen LogP contribution in [0, 0.1) is 0 Å². The zero-order valence-electron chi connectivity index (χ0n) is 12.8. The van der Waals surface area contributed by atoms with E-state index in [-0.39, 0.29) is 11.8 Å². The summed E-state index contributed by atoms with van der Waals surface area (Å²) in [6.45, 7) is 3.10. The van der Waals surface area contributed by atoms with Crippen LogP contribution in [0.4, 0.5) is 0 Å². The van der Waals surface area contributed by atoms with Gasteiger partial charge in [0.2, 0.25) is 11.8 Å². The summed E-state index contributed by atoms with van der Waals surface area (Å²) < 4.78 is 5.95. The zero-order chi connectivity index (χ0) is 16.1. The Morgan fingerprint density at radius 3 is 2.50 bits per heavy atom. The molecule has 1 aromatic rings. The normalized spacial score (nSPS) is 16.2. The van der Waals surface area contributed by atoms with Crippen molar-refractivity contribution in [1.82, 2.24) is 14.7 Å². The lowest BCUT2D eigenvalue weighted by Crippen LogP contribution is -2.50. The van der Waals surface area contributed by atoms with E-state index in [1.54, 1.807) is 42.1 Å². The first-order valence-electron chi connectivity index (χ1n) is 7.10. The monoisotopic (exact) mass is 369 g/mol. The molecule has 6 nitrogen and oxygen atoms in total. The average Bonchev–Trinajstić information content (AvgIpc) is 2.91. The molecule has 0 radical (unpaired) electrons. The van der Waals surface area contributed by atoms with Gasteiger partial charge in [0.05, 0.1) is 6.54 Å². The van der Waals surface area contributed by atoms with E-state index in [0.717, 1.165) is 0 Å². The molecule has 1 saturated heterocycles. The number of piperazine rings is 1. The van der Waals surface area contributed by atoms with Gasteiger partial charge in [-0.2, -0.15) is 0 Å². The maximum atomic E-state index is 12.1. The molecule has 2 rings (SSSR count). The Labute approximate surface area is 138 Å². The molecule has 1 aromatic heterocycles. The van der Waals surface area contributed by atoms with Gasteiger partial charge in [0.25, 0.3) is 0 Å². The molecule has 0 saturated carbocycles. The summed E-state index contributed by atoms with van der Waals surface area (Å²) in [5.41, 5.74) is 0. The minimum atomic E-state index is -0.0360. The highest BCUT2D eigenvalue weighted by molar-refractivity contribution is 9.10. The standard InChI is InChI=1S/C15H20BrN3O3/c1-17(2)15(21)11-18-7-9-19(10-8-18)14(20)6-4-12-3-5-13(16)22-12/h3-6H,7-11H2,1-2H3. The van der Waals surface area contributed by atoms with Crippen LogP contribution in [-0.2, 0) is 9.59 Å². The highest BCUT2D eigenvalue weighted by Gasteiger charge is 2.21. The fourth-order valence-corrected chi connectivity index (χ4v) is 2.45. The van der Waals surface area contributed by atoms with E-state index in [1.165, 1.54) is 6.08 Å². The minimum absolute atomic E-state index is 0.0360. The van der Waals surface area contributed by atoms with Crippen LogP contribution in [0.2, 0.25) is 0 Å². The molecule has 1 aliphatic heterocycles. The average molecular weight is 370 g/mol. The lowest BCUT2D eigenvalue weighted by Gasteiger charge is -2.34. The predicted molar refractivity (Wildman–Crippen MR) is 87.2 cm³/mol. The number of hydrogen-bond donors (Lipinski definition) is 0. The maximum absolute atomic E-state index is 12.1. The van der Waals surface area contributed by atoms with Gasteiger partial charge in [-0.05, 0) is 34.1 Å². The largest absolute Gasteiger partial charge is 0.450 e. The summed E-state index contributed by atoms with van der Waals surface area (Å²) in [5, 5.41) is 0. The van der Waals surface area contributed by atoms with Crippen molar-refractivity contribution in [2.75, 3.05) is 46.8 Å². The first-order valence-corrected chi connectivity index (χ1v) is 7.90. The van der Waals surface area contributed by atoms with E-state index in [4.69, 9.17) is 4.42 Å². The lowest BCUT2D eigenvalue weighted by atomic mass is 10.3. The highest BCUT2D eigenvalue weighted by Crippen LogP contribution is 2.15. The van der Waals surface area contributed by atoms with Gasteiger partial charge >= 0.3 is 0 Å². The Balaban J connectivity index is 1.80. The molecule has 0 aromatic carbocycles. The van der Waals surface area contributed by atoms with Crippen molar-refractivity contribution in [3.05, 3.63) is 28.6 Å². The molecule has 120 valence electrons. The molecule has 0 bridgehead atoms. The molecule has 0 unspecified atom stereocenters. The number of furan rings is 1. The summed E-state index contributed by atoms with van der Waals surface area (Å²) in [6.07, 6.45) is 3.18. The number of carbonyl (C=O) groups excluding carboxylic acids is 2. The summed E-state index contributed by atoms with van der Waals surface area (Å²) in [5.74, 6) is 0.685. The van der Waals surface area contributed by atoms with Gasteiger partial charge in [0.1, 0.15) is 5.76 Å². The molecular formula is C15H20BrN3O3. The van der Waals surface area contributed by atoms with Crippen molar-refractivity contribution in [2.45, 2.75) is 0 Å². The van der Waals surface area contributed by atoms with Crippen LogP contribution in [0.3, 0.4) is 0 Å². The quantitative estimate of drug-likeness (QED) is 0.750. The Morgan fingerprint density at radius 2 is 1.95 bits per heavy atom. The Kier molecular flexibility index (Phi) is 5.79.